The number of benzene rings is 1. The Kier molecular flexibility index (Phi) is 11.0. The van der Waals surface area contributed by atoms with E-state index in [9.17, 15) is 29.1 Å². The lowest BCUT2D eigenvalue weighted by molar-refractivity contribution is -0.140. The van der Waals surface area contributed by atoms with Crippen LogP contribution in [0.15, 0.2) is 36.4 Å². The van der Waals surface area contributed by atoms with Crippen LogP contribution in [0, 0.1) is 0 Å². The number of rotatable bonds is 13. The van der Waals surface area contributed by atoms with E-state index in [1.165, 1.54) is 13.8 Å². The van der Waals surface area contributed by atoms with Crippen LogP contribution in [0.2, 0.25) is 0 Å². The van der Waals surface area contributed by atoms with Gasteiger partial charge in [0, 0.05) is 11.1 Å². The number of aromatic carboxylic acids is 1. The summed E-state index contributed by atoms with van der Waals surface area (Å²) in [6, 6.07) is 1.70. The van der Waals surface area contributed by atoms with Gasteiger partial charge in [-0.2, -0.15) is 0 Å². The molecule has 0 aliphatic rings. The van der Waals surface area contributed by atoms with Crippen molar-refractivity contribution in [2.45, 2.75) is 13.8 Å². The third kappa shape index (κ3) is 8.39. The summed E-state index contributed by atoms with van der Waals surface area (Å²) in [6.45, 7) is 7.38. The lowest BCUT2D eigenvalue weighted by Gasteiger charge is -2.14. The summed E-state index contributed by atoms with van der Waals surface area (Å²) in [5.41, 5.74) is -1.23. The maximum Gasteiger partial charge on any atom is 0.342 e. The molecule has 0 aromatic heterocycles. The fourth-order valence-electron chi connectivity index (χ4n) is 2.21. The normalized spacial score (nSPS) is 9.97. The zero-order chi connectivity index (χ0) is 25.8. The van der Waals surface area contributed by atoms with Crippen LogP contribution < -0.4 is 4.74 Å². The van der Waals surface area contributed by atoms with Gasteiger partial charge in [-0.25, -0.2) is 24.0 Å². The van der Waals surface area contributed by atoms with Crippen molar-refractivity contribution in [3.05, 3.63) is 53.1 Å². The molecule has 2 N–H and O–H groups in total. The van der Waals surface area contributed by atoms with Gasteiger partial charge in [-0.15, -0.1) is 0 Å². The summed E-state index contributed by atoms with van der Waals surface area (Å²) in [6.07, 6.45) is 0. The molecule has 0 atom stereocenters. The molecule has 12 nitrogen and oxygen atoms in total. The molecule has 0 saturated carbocycles. The summed E-state index contributed by atoms with van der Waals surface area (Å²) in [7, 11) is 0. The second kappa shape index (κ2) is 13.4. The van der Waals surface area contributed by atoms with E-state index in [1.807, 2.05) is 0 Å². The molecule has 1 aromatic rings. The first-order valence-electron chi connectivity index (χ1n) is 9.64. The number of carbonyl (C=O) groups is 5. The van der Waals surface area contributed by atoms with Crippen LogP contribution in [0.5, 0.6) is 5.75 Å². The molecule has 0 fully saturated rings. The van der Waals surface area contributed by atoms with Gasteiger partial charge < -0.3 is 33.9 Å². The smallest absolute Gasteiger partial charge is 0.342 e. The van der Waals surface area contributed by atoms with Gasteiger partial charge in [0.15, 0.2) is 6.79 Å². The van der Waals surface area contributed by atoms with Crippen molar-refractivity contribution in [2.24, 2.45) is 0 Å². The summed E-state index contributed by atoms with van der Waals surface area (Å²) in [5, 5.41) is 18.6. The Morgan fingerprint density at radius 2 is 1.18 bits per heavy atom. The number of ether oxygens (including phenoxy) is 5. The SMILES string of the molecule is C=C(C)C(=O)OCCOC(=O)c1cc(C(=O)O)c(C(=O)OCCOC(=O)C(=C)C)cc1OCO. The number of esters is 4. The molecule has 0 spiro atoms. The van der Waals surface area contributed by atoms with Crippen LogP contribution in [-0.2, 0) is 28.5 Å². The Labute approximate surface area is 194 Å². The molecule has 0 radical (unpaired) electrons. The minimum Gasteiger partial charge on any atom is -0.478 e. The number of hydrogen-bond donors (Lipinski definition) is 2. The molecule has 1 rings (SSSR count). The van der Waals surface area contributed by atoms with Gasteiger partial charge in [-0.1, -0.05) is 13.2 Å². The van der Waals surface area contributed by atoms with Crippen LogP contribution >= 0.6 is 0 Å². The van der Waals surface area contributed by atoms with Gasteiger partial charge in [0.2, 0.25) is 0 Å². The maximum absolute atomic E-state index is 12.4. The van der Waals surface area contributed by atoms with E-state index in [1.54, 1.807) is 0 Å². The van der Waals surface area contributed by atoms with Crippen molar-refractivity contribution in [3.8, 4) is 5.75 Å². The molecule has 0 unspecified atom stereocenters. The van der Waals surface area contributed by atoms with E-state index < -0.39 is 53.3 Å². The van der Waals surface area contributed by atoms with Gasteiger partial charge in [0.05, 0.1) is 11.1 Å². The van der Waals surface area contributed by atoms with Crippen LogP contribution in [-0.4, -0.2) is 73.3 Å². The second-order valence-corrected chi connectivity index (χ2v) is 6.58. The lowest BCUT2D eigenvalue weighted by atomic mass is 10.0. The first kappa shape index (κ1) is 27.8. The molecule has 1 aromatic carbocycles. The third-order valence-corrected chi connectivity index (χ3v) is 3.81. The molecule has 12 heteroatoms. The highest BCUT2D eigenvalue weighted by molar-refractivity contribution is 6.05. The fraction of sp³-hybridized carbons (Fsp3) is 0.318. The molecule has 184 valence electrons. The van der Waals surface area contributed by atoms with E-state index in [2.05, 4.69) is 13.2 Å². The largest absolute Gasteiger partial charge is 0.478 e. The van der Waals surface area contributed by atoms with Crippen LogP contribution in [0.4, 0.5) is 0 Å². The number of carbonyl (C=O) groups excluding carboxylic acids is 4. The molecule has 0 saturated heterocycles. The zero-order valence-electron chi connectivity index (χ0n) is 18.6. The first-order chi connectivity index (χ1) is 16.0. The Morgan fingerprint density at radius 3 is 1.59 bits per heavy atom. The molecule has 0 bridgehead atoms. The first-order valence-corrected chi connectivity index (χ1v) is 9.64. The van der Waals surface area contributed by atoms with Crippen LogP contribution in [0.1, 0.15) is 44.9 Å². The van der Waals surface area contributed by atoms with E-state index in [-0.39, 0.29) is 43.3 Å². The second-order valence-electron chi connectivity index (χ2n) is 6.58. The molecule has 0 amide bonds. The Balaban J connectivity index is 3.00. The lowest BCUT2D eigenvalue weighted by Crippen LogP contribution is -2.19. The quantitative estimate of drug-likeness (QED) is 0.136. The van der Waals surface area contributed by atoms with Gasteiger partial charge >= 0.3 is 29.8 Å². The highest BCUT2D eigenvalue weighted by Gasteiger charge is 2.25. The standard InChI is InChI=1S/C22H24O12/c1-12(2)19(26)30-5-7-32-21(28)15-10-17(34-11-23)16(9-14(15)18(24)25)22(29)33-8-6-31-20(27)13(3)4/h9-10,23H,1,3,5-8,11H2,2,4H3,(H,24,25). The molecular weight excluding hydrogens is 456 g/mol. The fourth-order valence-corrected chi connectivity index (χ4v) is 2.21. The number of aliphatic hydroxyl groups excluding tert-OH is 1. The summed E-state index contributed by atoms with van der Waals surface area (Å²) in [4.78, 5) is 59.1. The third-order valence-electron chi connectivity index (χ3n) is 3.81. The number of aliphatic hydroxyl groups is 1. The number of carboxylic acids is 1. The molecule has 0 aliphatic carbocycles. The Hall–Kier alpha value is -4.19. The Morgan fingerprint density at radius 1 is 0.735 bits per heavy atom. The van der Waals surface area contributed by atoms with Crippen LogP contribution in [0.3, 0.4) is 0 Å². The topological polar surface area (TPSA) is 172 Å². The highest BCUT2D eigenvalue weighted by atomic mass is 16.6. The Bertz CT molecular complexity index is 992. The summed E-state index contributed by atoms with van der Waals surface area (Å²) in [5.74, 6) is -5.50. The van der Waals surface area contributed by atoms with Gasteiger partial charge in [0.25, 0.3) is 0 Å². The van der Waals surface area contributed by atoms with Gasteiger partial charge in [-0.3, -0.25) is 0 Å². The minimum absolute atomic E-state index is 0.140. The van der Waals surface area contributed by atoms with Crippen molar-refractivity contribution in [1.82, 2.24) is 0 Å². The van der Waals surface area contributed by atoms with E-state index in [0.717, 1.165) is 12.1 Å². The van der Waals surface area contributed by atoms with Gasteiger partial charge in [0.1, 0.15) is 37.7 Å². The predicted octanol–water partition coefficient (Wildman–Crippen LogP) is 1.27. The zero-order valence-corrected chi connectivity index (χ0v) is 18.6. The van der Waals surface area contributed by atoms with Crippen molar-refractivity contribution >= 4 is 29.8 Å². The summed E-state index contributed by atoms with van der Waals surface area (Å²) >= 11 is 0. The van der Waals surface area contributed by atoms with Crippen molar-refractivity contribution in [3.63, 3.8) is 0 Å². The average molecular weight is 480 g/mol. The van der Waals surface area contributed by atoms with Crippen molar-refractivity contribution in [1.29, 1.82) is 0 Å². The minimum atomic E-state index is -1.57. The van der Waals surface area contributed by atoms with Gasteiger partial charge in [-0.05, 0) is 26.0 Å². The maximum atomic E-state index is 12.4. The molecule has 34 heavy (non-hydrogen) atoms. The summed E-state index contributed by atoms with van der Waals surface area (Å²) < 4.78 is 24.3. The predicted molar refractivity (Wildman–Crippen MR) is 113 cm³/mol. The van der Waals surface area contributed by atoms with Crippen molar-refractivity contribution < 1.29 is 57.9 Å². The number of hydrogen-bond acceptors (Lipinski definition) is 11. The molecule has 0 heterocycles. The monoisotopic (exact) mass is 480 g/mol. The average Bonchev–Trinajstić information content (AvgIpc) is 2.78. The van der Waals surface area contributed by atoms with Crippen LogP contribution in [0.25, 0.3) is 0 Å². The van der Waals surface area contributed by atoms with E-state index in [0.29, 0.717) is 0 Å². The molecule has 0 aliphatic heterocycles. The van der Waals surface area contributed by atoms with Crippen molar-refractivity contribution in [2.75, 3.05) is 33.2 Å². The van der Waals surface area contributed by atoms with E-state index in [4.69, 9.17) is 28.8 Å². The molecular formula is C22H24O12. The highest BCUT2D eigenvalue weighted by Crippen LogP contribution is 2.26. The number of carboxylic acid groups (broad SMARTS) is 1. The van der Waals surface area contributed by atoms with E-state index >= 15 is 0 Å².